The number of nitrogens with zero attached hydrogens (tertiary/aromatic N) is 3. The lowest BCUT2D eigenvalue weighted by Crippen LogP contribution is -2.11. The minimum Gasteiger partial charge on any atom is -0.385 e. The molecule has 0 unspecified atom stereocenters. The van der Waals surface area contributed by atoms with E-state index >= 15 is 0 Å². The first-order chi connectivity index (χ1) is 12.3. The molecule has 0 radical (unpaired) electrons. The highest BCUT2D eigenvalue weighted by molar-refractivity contribution is 5.53. The molecule has 0 aliphatic carbocycles. The van der Waals surface area contributed by atoms with Crippen LogP contribution in [0.25, 0.3) is 11.5 Å². The zero-order valence-corrected chi connectivity index (χ0v) is 14.4. The van der Waals surface area contributed by atoms with Crippen molar-refractivity contribution in [1.29, 1.82) is 0 Å². The van der Waals surface area contributed by atoms with Gasteiger partial charge in [-0.2, -0.15) is 0 Å². The first kappa shape index (κ1) is 16.9. The molecule has 0 aliphatic heterocycles. The van der Waals surface area contributed by atoms with Crippen molar-refractivity contribution in [2.45, 2.75) is 19.8 Å². The average Bonchev–Trinajstić information content (AvgIpc) is 2.69. The van der Waals surface area contributed by atoms with Crippen molar-refractivity contribution < 1.29 is 0 Å². The highest BCUT2D eigenvalue weighted by Crippen LogP contribution is 2.16. The molecule has 0 saturated heterocycles. The number of anilines is 2. The molecule has 25 heavy (non-hydrogen) atoms. The van der Waals surface area contributed by atoms with E-state index in [0.717, 1.165) is 48.8 Å². The van der Waals surface area contributed by atoms with E-state index in [0.29, 0.717) is 5.82 Å². The van der Waals surface area contributed by atoms with E-state index in [1.165, 1.54) is 0 Å². The standard InChI is InChI=1S/C20H23N5/c1-2-16-15-19(25-20(24-16)18-11-6-7-12-22-18)23-14-8-13-21-17-9-4-3-5-10-17/h3-7,9-12,15,21H,2,8,13-14H2,1H3,(H,23,24,25). The maximum absolute atomic E-state index is 4.60. The minimum absolute atomic E-state index is 0.671. The van der Waals surface area contributed by atoms with E-state index in [1.807, 2.05) is 42.5 Å². The second-order valence-electron chi connectivity index (χ2n) is 5.71. The van der Waals surface area contributed by atoms with Crippen molar-refractivity contribution in [2.24, 2.45) is 0 Å². The van der Waals surface area contributed by atoms with Gasteiger partial charge in [0.25, 0.3) is 0 Å². The van der Waals surface area contributed by atoms with E-state index in [1.54, 1.807) is 6.20 Å². The largest absolute Gasteiger partial charge is 0.385 e. The summed E-state index contributed by atoms with van der Waals surface area (Å²) in [5.74, 6) is 1.53. The van der Waals surface area contributed by atoms with Crippen molar-refractivity contribution in [2.75, 3.05) is 23.7 Å². The fourth-order valence-corrected chi connectivity index (χ4v) is 2.47. The third-order valence-electron chi connectivity index (χ3n) is 3.80. The van der Waals surface area contributed by atoms with Crippen LogP contribution in [0.5, 0.6) is 0 Å². The zero-order chi connectivity index (χ0) is 17.3. The Morgan fingerprint density at radius 1 is 0.880 bits per heavy atom. The molecular formula is C20H23N5. The van der Waals surface area contributed by atoms with Gasteiger partial charge in [-0.05, 0) is 37.1 Å². The molecule has 2 heterocycles. The Balaban J connectivity index is 1.56. The minimum atomic E-state index is 0.671. The molecule has 0 spiro atoms. The Labute approximate surface area is 148 Å². The summed E-state index contributed by atoms with van der Waals surface area (Å²) in [5, 5.41) is 6.80. The quantitative estimate of drug-likeness (QED) is 0.610. The second kappa shape index (κ2) is 8.78. The lowest BCUT2D eigenvalue weighted by atomic mass is 10.2. The van der Waals surface area contributed by atoms with Crippen LogP contribution in [0.15, 0.2) is 60.8 Å². The van der Waals surface area contributed by atoms with Crippen molar-refractivity contribution in [3.8, 4) is 11.5 Å². The van der Waals surface area contributed by atoms with Gasteiger partial charge in [0.2, 0.25) is 0 Å². The fourth-order valence-electron chi connectivity index (χ4n) is 2.47. The molecule has 0 fully saturated rings. The van der Waals surface area contributed by atoms with Crippen LogP contribution >= 0.6 is 0 Å². The summed E-state index contributed by atoms with van der Waals surface area (Å²) in [6, 6.07) is 18.0. The van der Waals surface area contributed by atoms with Crippen LogP contribution in [-0.4, -0.2) is 28.0 Å². The Morgan fingerprint density at radius 3 is 2.44 bits per heavy atom. The number of rotatable bonds is 8. The normalized spacial score (nSPS) is 10.4. The lowest BCUT2D eigenvalue weighted by molar-refractivity contribution is 0.898. The van der Waals surface area contributed by atoms with Gasteiger partial charge in [0, 0.05) is 36.7 Å². The van der Waals surface area contributed by atoms with Gasteiger partial charge in [0.1, 0.15) is 11.5 Å². The van der Waals surface area contributed by atoms with Gasteiger partial charge >= 0.3 is 0 Å². The molecule has 128 valence electrons. The summed E-state index contributed by atoms with van der Waals surface area (Å²) in [6.07, 6.45) is 3.63. The molecule has 0 saturated carbocycles. The van der Waals surface area contributed by atoms with Crippen molar-refractivity contribution in [3.05, 3.63) is 66.5 Å². The fraction of sp³-hybridized carbons (Fsp3) is 0.250. The van der Waals surface area contributed by atoms with Crippen LogP contribution < -0.4 is 10.6 Å². The molecule has 0 amide bonds. The van der Waals surface area contributed by atoms with Crippen LogP contribution in [0.3, 0.4) is 0 Å². The number of aromatic nitrogens is 3. The van der Waals surface area contributed by atoms with E-state index < -0.39 is 0 Å². The van der Waals surface area contributed by atoms with Gasteiger partial charge in [-0.25, -0.2) is 9.97 Å². The highest BCUT2D eigenvalue weighted by atomic mass is 15.0. The Kier molecular flexibility index (Phi) is 5.93. The highest BCUT2D eigenvalue weighted by Gasteiger charge is 2.06. The van der Waals surface area contributed by atoms with E-state index in [4.69, 9.17) is 0 Å². The number of pyridine rings is 1. The Bertz CT molecular complexity index is 775. The molecule has 2 aromatic heterocycles. The molecule has 0 aliphatic rings. The van der Waals surface area contributed by atoms with Gasteiger partial charge in [-0.15, -0.1) is 0 Å². The number of nitrogens with one attached hydrogen (secondary N) is 2. The molecule has 3 aromatic rings. The van der Waals surface area contributed by atoms with Gasteiger partial charge in [-0.3, -0.25) is 4.98 Å². The molecule has 3 rings (SSSR count). The second-order valence-corrected chi connectivity index (χ2v) is 5.71. The van der Waals surface area contributed by atoms with Gasteiger partial charge in [-0.1, -0.05) is 31.2 Å². The van der Waals surface area contributed by atoms with Crippen molar-refractivity contribution in [1.82, 2.24) is 15.0 Å². The molecule has 0 bridgehead atoms. The number of aryl methyl sites for hydroxylation is 1. The smallest absolute Gasteiger partial charge is 0.180 e. The summed E-state index contributed by atoms with van der Waals surface area (Å²) >= 11 is 0. The summed E-state index contributed by atoms with van der Waals surface area (Å²) in [4.78, 5) is 13.5. The Morgan fingerprint density at radius 2 is 1.68 bits per heavy atom. The predicted octanol–water partition coefficient (Wildman–Crippen LogP) is 4.02. The van der Waals surface area contributed by atoms with Gasteiger partial charge in [0.15, 0.2) is 5.82 Å². The van der Waals surface area contributed by atoms with Crippen molar-refractivity contribution >= 4 is 11.5 Å². The van der Waals surface area contributed by atoms with E-state index in [2.05, 4.69) is 44.6 Å². The number of para-hydroxylation sites is 1. The SMILES string of the molecule is CCc1cc(NCCCNc2ccccc2)nc(-c2ccccn2)n1. The summed E-state index contributed by atoms with van der Waals surface area (Å²) in [6.45, 7) is 3.86. The van der Waals surface area contributed by atoms with Crippen LogP contribution in [0.2, 0.25) is 0 Å². The van der Waals surface area contributed by atoms with E-state index in [9.17, 15) is 0 Å². The summed E-state index contributed by atoms with van der Waals surface area (Å²) < 4.78 is 0. The monoisotopic (exact) mass is 333 g/mol. The van der Waals surface area contributed by atoms with Gasteiger partial charge < -0.3 is 10.6 Å². The number of hydrogen-bond acceptors (Lipinski definition) is 5. The first-order valence-electron chi connectivity index (χ1n) is 8.67. The molecular weight excluding hydrogens is 310 g/mol. The third kappa shape index (κ3) is 5.01. The molecule has 2 N–H and O–H groups in total. The van der Waals surface area contributed by atoms with Crippen LogP contribution in [0.1, 0.15) is 19.0 Å². The topological polar surface area (TPSA) is 62.7 Å². The molecule has 5 heteroatoms. The number of hydrogen-bond donors (Lipinski definition) is 2. The number of benzene rings is 1. The average molecular weight is 333 g/mol. The maximum atomic E-state index is 4.60. The predicted molar refractivity (Wildman–Crippen MR) is 103 cm³/mol. The Hall–Kier alpha value is -2.95. The first-order valence-corrected chi connectivity index (χ1v) is 8.67. The van der Waals surface area contributed by atoms with Crippen LogP contribution in [0, 0.1) is 0 Å². The summed E-state index contributed by atoms with van der Waals surface area (Å²) in [7, 11) is 0. The lowest BCUT2D eigenvalue weighted by Gasteiger charge is -2.10. The van der Waals surface area contributed by atoms with E-state index in [-0.39, 0.29) is 0 Å². The van der Waals surface area contributed by atoms with Crippen LogP contribution in [0.4, 0.5) is 11.5 Å². The van der Waals surface area contributed by atoms with Crippen molar-refractivity contribution in [3.63, 3.8) is 0 Å². The summed E-state index contributed by atoms with van der Waals surface area (Å²) in [5.41, 5.74) is 2.96. The molecule has 1 aromatic carbocycles. The zero-order valence-electron chi connectivity index (χ0n) is 14.4. The molecule has 5 nitrogen and oxygen atoms in total. The molecule has 0 atom stereocenters. The van der Waals surface area contributed by atoms with Crippen LogP contribution in [-0.2, 0) is 6.42 Å². The van der Waals surface area contributed by atoms with Gasteiger partial charge in [0.05, 0.1) is 0 Å². The third-order valence-corrected chi connectivity index (χ3v) is 3.80. The maximum Gasteiger partial charge on any atom is 0.180 e.